The molecule has 0 saturated carbocycles. The quantitative estimate of drug-likeness (QED) is 0.398. The molecule has 200 valence electrons. The van der Waals surface area contributed by atoms with E-state index in [0.29, 0.717) is 18.7 Å². The molecule has 10 nitrogen and oxygen atoms in total. The minimum atomic E-state index is -3.89. The van der Waals surface area contributed by atoms with Crippen LogP contribution in [0.3, 0.4) is 0 Å². The van der Waals surface area contributed by atoms with E-state index in [4.69, 9.17) is 4.52 Å². The summed E-state index contributed by atoms with van der Waals surface area (Å²) in [6.07, 6.45) is 2.33. The average molecular weight is 541 g/mol. The minimum Gasteiger partial charge on any atom is -0.509 e. The highest BCUT2D eigenvalue weighted by Gasteiger charge is 2.45. The van der Waals surface area contributed by atoms with Crippen molar-refractivity contribution in [1.82, 2.24) is 4.90 Å². The largest absolute Gasteiger partial charge is 0.509 e. The first-order valence-electron chi connectivity index (χ1n) is 12.0. The normalized spacial score (nSPS) is 22.6. The summed E-state index contributed by atoms with van der Waals surface area (Å²) >= 11 is 0. The Kier molecular flexibility index (Phi) is 7.98. The second-order valence-electron chi connectivity index (χ2n) is 10.8. The van der Waals surface area contributed by atoms with E-state index >= 15 is 0 Å². The number of amidine groups is 1. The van der Waals surface area contributed by atoms with Crippen LogP contribution in [0.4, 0.5) is 11.4 Å². The number of nitrogens with zero attached hydrogens (tertiary/aromatic N) is 2. The summed E-state index contributed by atoms with van der Waals surface area (Å²) in [6, 6.07) is 3.95. The van der Waals surface area contributed by atoms with E-state index in [1.165, 1.54) is 12.1 Å². The molecule has 2 unspecified atom stereocenters. The van der Waals surface area contributed by atoms with Gasteiger partial charge in [0.2, 0.25) is 10.0 Å². The number of anilines is 2. The summed E-state index contributed by atoms with van der Waals surface area (Å²) in [5, 5.41) is 14.4. The number of carbonyl (C=O) groups is 1. The number of hydrogen-bond acceptors (Lipinski definition) is 7. The van der Waals surface area contributed by atoms with Gasteiger partial charge in [0.05, 0.1) is 29.9 Å². The standard InChI is InChI=1S/C24H37N4O6PS/c1-8-34-35(31)19-14-16(27-36(7,32)33)9-10-17(19)25-22(26-35)20-21(29)18(13-15(2)3)28(23(20)30)12-11-24(4,5)6/h9-10,14-15,18,27,29H,8,11-13H2,1-7H3,(H,25,26,31). The number of nitrogens with one attached hydrogen (secondary N) is 2. The molecule has 0 fully saturated rings. The third kappa shape index (κ3) is 6.30. The lowest BCUT2D eigenvalue weighted by Crippen LogP contribution is -2.39. The molecule has 0 radical (unpaired) electrons. The first-order chi connectivity index (χ1) is 16.5. The Labute approximate surface area is 213 Å². The maximum absolute atomic E-state index is 13.9. The van der Waals surface area contributed by atoms with Crippen molar-refractivity contribution in [3.63, 3.8) is 0 Å². The molecule has 0 saturated heterocycles. The molecule has 0 spiro atoms. The van der Waals surface area contributed by atoms with E-state index in [2.05, 4.69) is 35.6 Å². The summed E-state index contributed by atoms with van der Waals surface area (Å²) in [7, 11) is -7.45. The molecule has 2 heterocycles. The van der Waals surface area contributed by atoms with Gasteiger partial charge in [0.25, 0.3) is 5.91 Å². The highest BCUT2D eigenvalue weighted by atomic mass is 32.2. The number of rotatable bonds is 9. The Morgan fingerprint density at radius 1 is 1.31 bits per heavy atom. The van der Waals surface area contributed by atoms with Crippen LogP contribution in [0.15, 0.2) is 34.3 Å². The maximum atomic E-state index is 13.9. The Balaban J connectivity index is 2.06. The van der Waals surface area contributed by atoms with Gasteiger partial charge < -0.3 is 19.8 Å². The van der Waals surface area contributed by atoms with Crippen molar-refractivity contribution < 1.29 is 27.4 Å². The van der Waals surface area contributed by atoms with E-state index in [0.717, 1.165) is 12.7 Å². The number of hydrogen-bond donors (Lipinski definition) is 3. The van der Waals surface area contributed by atoms with Gasteiger partial charge in [0.1, 0.15) is 11.3 Å². The van der Waals surface area contributed by atoms with Crippen molar-refractivity contribution in [2.24, 2.45) is 16.1 Å². The van der Waals surface area contributed by atoms with Gasteiger partial charge in [-0.25, -0.2) is 8.42 Å². The number of sulfonamides is 1. The summed E-state index contributed by atoms with van der Waals surface area (Å²) in [4.78, 5) is 15.3. The first kappa shape index (κ1) is 28.2. The Hall–Kier alpha value is -2.36. The topological polar surface area (TPSA) is 137 Å². The zero-order valence-corrected chi connectivity index (χ0v) is 23.7. The van der Waals surface area contributed by atoms with Gasteiger partial charge in [-0.05, 0) is 49.3 Å². The van der Waals surface area contributed by atoms with Crippen molar-refractivity contribution >= 4 is 46.0 Å². The van der Waals surface area contributed by atoms with Crippen molar-refractivity contribution in [3.05, 3.63) is 29.5 Å². The summed E-state index contributed by atoms with van der Waals surface area (Å²) in [5.74, 6) is -0.275. The summed E-state index contributed by atoms with van der Waals surface area (Å²) < 4.78 is 49.5. The molecular weight excluding hydrogens is 503 g/mol. The SMILES string of the molecule is CCOP1(=O)N=C(C2=C(O)C(CC(C)C)N(CCC(C)(C)C)C2=O)Nc2ccc(NS(C)(=O)=O)cc21. The molecule has 0 aliphatic carbocycles. The fourth-order valence-corrected chi connectivity index (χ4v) is 6.56. The van der Waals surface area contributed by atoms with Gasteiger partial charge in [-0.1, -0.05) is 34.6 Å². The molecule has 2 aliphatic heterocycles. The van der Waals surface area contributed by atoms with Crippen LogP contribution in [-0.4, -0.2) is 55.6 Å². The molecule has 12 heteroatoms. The lowest BCUT2D eigenvalue weighted by atomic mass is 9.91. The van der Waals surface area contributed by atoms with Gasteiger partial charge in [-0.15, -0.1) is 0 Å². The Morgan fingerprint density at radius 3 is 2.53 bits per heavy atom. The number of aliphatic hydroxyl groups excluding tert-OH is 1. The fourth-order valence-electron chi connectivity index (χ4n) is 4.20. The maximum Gasteiger partial charge on any atom is 0.348 e. The van der Waals surface area contributed by atoms with Crippen molar-refractivity contribution in [2.75, 3.05) is 29.4 Å². The number of fused-ring (bicyclic) bond motifs is 1. The smallest absolute Gasteiger partial charge is 0.348 e. The second kappa shape index (κ2) is 10.2. The molecule has 0 aromatic heterocycles. The van der Waals surface area contributed by atoms with Gasteiger partial charge in [-0.3, -0.25) is 14.1 Å². The lowest BCUT2D eigenvalue weighted by Gasteiger charge is -2.30. The molecule has 0 bridgehead atoms. The van der Waals surface area contributed by atoms with Gasteiger partial charge in [-0.2, -0.15) is 4.76 Å². The van der Waals surface area contributed by atoms with Crippen molar-refractivity contribution in [1.29, 1.82) is 0 Å². The average Bonchev–Trinajstić information content (AvgIpc) is 2.94. The number of aliphatic hydroxyl groups is 1. The predicted molar refractivity (Wildman–Crippen MR) is 144 cm³/mol. The zero-order chi connectivity index (χ0) is 27.1. The molecule has 3 N–H and O–H groups in total. The van der Waals surface area contributed by atoms with Crippen LogP contribution >= 0.6 is 7.52 Å². The first-order valence-corrected chi connectivity index (χ1v) is 15.5. The van der Waals surface area contributed by atoms with Crippen LogP contribution in [-0.2, 0) is 23.9 Å². The molecule has 2 atom stereocenters. The van der Waals surface area contributed by atoms with E-state index in [1.807, 2.05) is 13.8 Å². The van der Waals surface area contributed by atoms with Crippen LogP contribution in [0, 0.1) is 11.3 Å². The Bertz CT molecular complexity index is 1250. The third-order valence-electron chi connectivity index (χ3n) is 5.85. The van der Waals surface area contributed by atoms with E-state index < -0.39 is 23.6 Å². The summed E-state index contributed by atoms with van der Waals surface area (Å²) in [5.41, 5.74) is 0.542. The molecular formula is C24H37N4O6PS. The molecule has 1 aromatic rings. The van der Waals surface area contributed by atoms with Gasteiger partial charge in [0, 0.05) is 12.2 Å². The molecule has 1 amide bonds. The fraction of sp³-hybridized carbons (Fsp3) is 0.583. The molecule has 1 aromatic carbocycles. The summed E-state index contributed by atoms with van der Waals surface area (Å²) in [6.45, 7) is 12.5. The van der Waals surface area contributed by atoms with Gasteiger partial charge in [0.15, 0.2) is 5.84 Å². The van der Waals surface area contributed by atoms with Crippen LogP contribution < -0.4 is 15.3 Å². The molecule has 3 rings (SSSR count). The Morgan fingerprint density at radius 2 is 1.97 bits per heavy atom. The van der Waals surface area contributed by atoms with E-state index in [1.54, 1.807) is 17.9 Å². The molecule has 36 heavy (non-hydrogen) atoms. The van der Waals surface area contributed by atoms with Crippen LogP contribution in [0.2, 0.25) is 0 Å². The predicted octanol–water partition coefficient (Wildman–Crippen LogP) is 4.24. The monoisotopic (exact) mass is 540 g/mol. The van der Waals surface area contributed by atoms with Gasteiger partial charge >= 0.3 is 7.52 Å². The second-order valence-corrected chi connectivity index (χ2v) is 14.6. The van der Waals surface area contributed by atoms with Crippen LogP contribution in [0.1, 0.15) is 54.4 Å². The number of carbonyl (C=O) groups excluding carboxylic acids is 1. The number of amides is 1. The zero-order valence-electron chi connectivity index (χ0n) is 22.0. The van der Waals surface area contributed by atoms with Crippen molar-refractivity contribution in [3.8, 4) is 0 Å². The third-order valence-corrected chi connectivity index (χ3v) is 8.51. The van der Waals surface area contributed by atoms with Crippen LogP contribution in [0.5, 0.6) is 0 Å². The lowest BCUT2D eigenvalue weighted by molar-refractivity contribution is -0.127. The highest BCUT2D eigenvalue weighted by molar-refractivity contribution is 7.92. The highest BCUT2D eigenvalue weighted by Crippen LogP contribution is 2.52. The number of benzene rings is 1. The molecule has 2 aliphatic rings. The van der Waals surface area contributed by atoms with E-state index in [-0.39, 0.29) is 52.0 Å². The van der Waals surface area contributed by atoms with Crippen molar-refractivity contribution in [2.45, 2.75) is 60.4 Å². The van der Waals surface area contributed by atoms with E-state index in [9.17, 15) is 22.9 Å². The van der Waals surface area contributed by atoms with Crippen LogP contribution in [0.25, 0.3) is 0 Å². The minimum absolute atomic E-state index is 0.0110.